The molecule has 3 rings (SSSR count). The average Bonchev–Trinajstić information content (AvgIpc) is 3.17. The summed E-state index contributed by atoms with van der Waals surface area (Å²) < 4.78 is 11.6. The minimum atomic E-state index is -0.181. The zero-order valence-corrected chi connectivity index (χ0v) is 17.9. The molecule has 158 valence electrons. The molecule has 0 aliphatic carbocycles. The molecule has 30 heavy (non-hydrogen) atoms. The lowest BCUT2D eigenvalue weighted by molar-refractivity contribution is 0.102. The van der Waals surface area contributed by atoms with Crippen LogP contribution in [-0.2, 0) is 0 Å². The Kier molecular flexibility index (Phi) is 8.13. The number of amides is 1. The Labute approximate surface area is 179 Å². The summed E-state index contributed by atoms with van der Waals surface area (Å²) in [6.07, 6.45) is 7.47. The van der Waals surface area contributed by atoms with Gasteiger partial charge in [0.2, 0.25) is 0 Å². The lowest BCUT2D eigenvalue weighted by Gasteiger charge is -2.08. The number of hydrogen-bond acceptors (Lipinski definition) is 3. The second kappa shape index (κ2) is 11.2. The van der Waals surface area contributed by atoms with E-state index in [0.717, 1.165) is 30.0 Å². The third-order valence-corrected chi connectivity index (χ3v) is 5.10. The molecule has 0 saturated heterocycles. The van der Waals surface area contributed by atoms with Gasteiger partial charge in [-0.2, -0.15) is 0 Å². The second-order valence-corrected chi connectivity index (χ2v) is 7.54. The van der Waals surface area contributed by atoms with E-state index in [-0.39, 0.29) is 5.91 Å². The molecule has 4 nitrogen and oxygen atoms in total. The first-order valence-corrected chi connectivity index (χ1v) is 10.9. The van der Waals surface area contributed by atoms with Crippen LogP contribution in [0.3, 0.4) is 0 Å². The fourth-order valence-corrected chi connectivity index (χ4v) is 3.36. The van der Waals surface area contributed by atoms with Crippen molar-refractivity contribution in [2.45, 2.75) is 52.4 Å². The van der Waals surface area contributed by atoms with Crippen LogP contribution in [-0.4, -0.2) is 12.5 Å². The zero-order valence-electron chi connectivity index (χ0n) is 17.9. The van der Waals surface area contributed by atoms with Crippen molar-refractivity contribution in [3.63, 3.8) is 0 Å². The topological polar surface area (TPSA) is 51.5 Å². The molecule has 1 N–H and O–H groups in total. The summed E-state index contributed by atoms with van der Waals surface area (Å²) in [6.45, 7) is 4.77. The molecule has 1 heterocycles. The predicted molar refractivity (Wildman–Crippen MR) is 122 cm³/mol. The molecule has 0 bridgehead atoms. The number of aryl methyl sites for hydroxylation is 1. The van der Waals surface area contributed by atoms with Crippen molar-refractivity contribution in [3.8, 4) is 17.1 Å². The van der Waals surface area contributed by atoms with E-state index in [4.69, 9.17) is 9.15 Å². The summed E-state index contributed by atoms with van der Waals surface area (Å²) in [5.74, 6) is 1.94. The Morgan fingerprint density at radius 2 is 1.63 bits per heavy atom. The van der Waals surface area contributed by atoms with Crippen molar-refractivity contribution in [2.75, 3.05) is 11.9 Å². The van der Waals surface area contributed by atoms with Crippen molar-refractivity contribution in [1.82, 2.24) is 0 Å². The van der Waals surface area contributed by atoms with Crippen LogP contribution in [0.4, 0.5) is 5.69 Å². The minimum absolute atomic E-state index is 0.181. The first-order valence-electron chi connectivity index (χ1n) is 10.9. The average molecular weight is 406 g/mol. The number of anilines is 1. The second-order valence-electron chi connectivity index (χ2n) is 7.54. The summed E-state index contributed by atoms with van der Waals surface area (Å²) in [5.41, 5.74) is 2.22. The summed E-state index contributed by atoms with van der Waals surface area (Å²) >= 11 is 0. The molecular formula is C26H31NO3. The van der Waals surface area contributed by atoms with E-state index >= 15 is 0 Å². The lowest BCUT2D eigenvalue weighted by Crippen LogP contribution is -2.12. The number of benzene rings is 2. The Hall–Kier alpha value is -3.01. The number of nitrogens with one attached hydrogen (secondary N) is 1. The number of carbonyl (C=O) groups is 1. The molecule has 0 fully saturated rings. The molecule has 0 aliphatic heterocycles. The molecule has 0 spiro atoms. The van der Waals surface area contributed by atoms with Gasteiger partial charge in [-0.15, -0.1) is 0 Å². The van der Waals surface area contributed by atoms with Gasteiger partial charge in [-0.25, -0.2) is 0 Å². The van der Waals surface area contributed by atoms with Gasteiger partial charge in [0.05, 0.1) is 12.2 Å². The molecule has 2 aromatic carbocycles. The number of carbonyl (C=O) groups excluding carboxylic acids is 1. The van der Waals surface area contributed by atoms with E-state index < -0.39 is 0 Å². The Morgan fingerprint density at radius 3 is 2.37 bits per heavy atom. The van der Waals surface area contributed by atoms with E-state index in [1.807, 2.05) is 54.6 Å². The maximum absolute atomic E-state index is 12.7. The van der Waals surface area contributed by atoms with Crippen LogP contribution in [0, 0.1) is 6.92 Å². The molecule has 1 aromatic heterocycles. The van der Waals surface area contributed by atoms with Gasteiger partial charge in [-0.05, 0) is 43.7 Å². The van der Waals surface area contributed by atoms with Gasteiger partial charge in [0.1, 0.15) is 17.3 Å². The Bertz CT molecular complexity index is 913. The standard InChI is InChI=1S/C26H31NO3/c1-3-4-5-6-7-11-18-29-23-16-14-22(15-17-23)27-26(28)24-19-25(30-20(24)2)21-12-9-8-10-13-21/h8-10,12-17,19H,3-7,11,18H2,1-2H3,(H,27,28). The molecule has 0 aliphatic rings. The molecule has 3 aromatic rings. The van der Waals surface area contributed by atoms with Gasteiger partial charge < -0.3 is 14.5 Å². The van der Waals surface area contributed by atoms with Gasteiger partial charge in [0.25, 0.3) is 5.91 Å². The van der Waals surface area contributed by atoms with Crippen LogP contribution in [0.1, 0.15) is 61.6 Å². The monoisotopic (exact) mass is 405 g/mol. The molecule has 4 heteroatoms. The van der Waals surface area contributed by atoms with E-state index in [1.54, 1.807) is 13.0 Å². The predicted octanol–water partition coefficient (Wildman–Crippen LogP) is 7.25. The largest absolute Gasteiger partial charge is 0.494 e. The van der Waals surface area contributed by atoms with Crippen LogP contribution in [0.25, 0.3) is 11.3 Å². The number of unbranched alkanes of at least 4 members (excludes halogenated alkanes) is 5. The van der Waals surface area contributed by atoms with Crippen molar-refractivity contribution in [1.29, 1.82) is 0 Å². The van der Waals surface area contributed by atoms with E-state index in [2.05, 4.69) is 12.2 Å². The van der Waals surface area contributed by atoms with Crippen molar-refractivity contribution in [2.24, 2.45) is 0 Å². The highest BCUT2D eigenvalue weighted by molar-refractivity contribution is 6.05. The van der Waals surface area contributed by atoms with Gasteiger partial charge in [0.15, 0.2) is 0 Å². The summed E-state index contributed by atoms with van der Waals surface area (Å²) in [6, 6.07) is 19.1. The zero-order chi connectivity index (χ0) is 21.2. The highest BCUT2D eigenvalue weighted by atomic mass is 16.5. The minimum Gasteiger partial charge on any atom is -0.494 e. The van der Waals surface area contributed by atoms with Crippen LogP contribution < -0.4 is 10.1 Å². The van der Waals surface area contributed by atoms with Crippen molar-refractivity contribution in [3.05, 3.63) is 72.0 Å². The van der Waals surface area contributed by atoms with Gasteiger partial charge in [-0.1, -0.05) is 69.4 Å². The molecule has 0 radical (unpaired) electrons. The molecule has 1 amide bonds. The van der Waals surface area contributed by atoms with E-state index in [9.17, 15) is 4.79 Å². The first kappa shape index (κ1) is 21.7. The smallest absolute Gasteiger partial charge is 0.259 e. The Morgan fingerprint density at radius 1 is 0.933 bits per heavy atom. The number of hydrogen-bond donors (Lipinski definition) is 1. The van der Waals surface area contributed by atoms with Gasteiger partial charge in [0, 0.05) is 11.3 Å². The maximum Gasteiger partial charge on any atom is 0.259 e. The molecule has 0 unspecified atom stereocenters. The first-order chi connectivity index (χ1) is 14.7. The normalized spacial score (nSPS) is 10.7. The number of furan rings is 1. The maximum atomic E-state index is 12.7. The third kappa shape index (κ3) is 6.24. The van der Waals surface area contributed by atoms with Gasteiger partial charge in [-0.3, -0.25) is 4.79 Å². The number of rotatable bonds is 11. The highest BCUT2D eigenvalue weighted by Crippen LogP contribution is 2.26. The van der Waals surface area contributed by atoms with Crippen LogP contribution in [0.15, 0.2) is 65.1 Å². The van der Waals surface area contributed by atoms with Crippen molar-refractivity contribution >= 4 is 11.6 Å². The van der Waals surface area contributed by atoms with Crippen LogP contribution in [0.5, 0.6) is 5.75 Å². The van der Waals surface area contributed by atoms with Crippen LogP contribution in [0.2, 0.25) is 0 Å². The van der Waals surface area contributed by atoms with E-state index in [1.165, 1.54) is 32.1 Å². The SMILES string of the molecule is CCCCCCCCOc1ccc(NC(=O)c2cc(-c3ccccc3)oc2C)cc1. The lowest BCUT2D eigenvalue weighted by atomic mass is 10.1. The summed E-state index contributed by atoms with van der Waals surface area (Å²) in [7, 11) is 0. The molecule has 0 atom stereocenters. The summed E-state index contributed by atoms with van der Waals surface area (Å²) in [4.78, 5) is 12.7. The highest BCUT2D eigenvalue weighted by Gasteiger charge is 2.16. The summed E-state index contributed by atoms with van der Waals surface area (Å²) in [5, 5.41) is 2.93. The Balaban J connectivity index is 1.49. The number of ether oxygens (including phenoxy) is 1. The molecular weight excluding hydrogens is 374 g/mol. The van der Waals surface area contributed by atoms with Crippen molar-refractivity contribution < 1.29 is 13.9 Å². The van der Waals surface area contributed by atoms with Gasteiger partial charge >= 0.3 is 0 Å². The van der Waals surface area contributed by atoms with E-state index in [0.29, 0.717) is 17.1 Å². The molecule has 0 saturated carbocycles. The van der Waals surface area contributed by atoms with Crippen LogP contribution >= 0.6 is 0 Å². The third-order valence-electron chi connectivity index (χ3n) is 5.10. The fraction of sp³-hybridized carbons (Fsp3) is 0.346. The fourth-order valence-electron chi connectivity index (χ4n) is 3.36. The quantitative estimate of drug-likeness (QED) is 0.342.